The quantitative estimate of drug-likeness (QED) is 0.520. The van der Waals surface area contributed by atoms with Crippen LogP contribution in [0.15, 0.2) is 0 Å². The van der Waals surface area contributed by atoms with E-state index in [-0.39, 0.29) is 40.5 Å². The number of carbonyl (C=O) groups excluding carboxylic acids is 7. The van der Waals surface area contributed by atoms with Crippen LogP contribution in [0, 0.1) is 11.3 Å². The van der Waals surface area contributed by atoms with Gasteiger partial charge >= 0.3 is 0 Å². The summed E-state index contributed by atoms with van der Waals surface area (Å²) in [5, 5.41) is 7.32. The molecule has 0 saturated carbocycles. The number of rotatable bonds is 0. The van der Waals surface area contributed by atoms with Gasteiger partial charge in [-0.15, -0.1) is 0 Å². The highest BCUT2D eigenvalue weighted by Gasteiger charge is 1.64. The molecule has 8 heteroatoms. The average Bonchev–Trinajstić information content (AvgIpc) is 2.32. The Balaban J connectivity index is -0.0000000326. The molecule has 0 atom stereocenters. The lowest BCUT2D eigenvalue weighted by Crippen LogP contribution is -1.69. The molecule has 0 aliphatic carbocycles. The summed E-state index contributed by atoms with van der Waals surface area (Å²) in [5.74, 6) is 1.17. The van der Waals surface area contributed by atoms with E-state index < -0.39 is 0 Å². The number of Topliss-reactive ketones (excluding diaryl/α,β-unsaturated/α-hetero) is 7. The summed E-state index contributed by atoms with van der Waals surface area (Å²) in [6.07, 6.45) is 0. The number of hydrogen-bond donors (Lipinski definition) is 0. The first kappa shape index (κ1) is 51.1. The minimum absolute atomic E-state index is 0.167. The molecule has 0 fully saturated rings. The van der Waals surface area contributed by atoms with Crippen LogP contribution in [-0.4, -0.2) is 40.5 Å². The van der Waals surface area contributed by atoms with Gasteiger partial charge < -0.3 is 33.6 Å². The lowest BCUT2D eigenvalue weighted by molar-refractivity contribution is -0.115. The first-order valence-corrected chi connectivity index (χ1v) is 9.15. The Morgan fingerprint density at radius 3 is 0.355 bits per heavy atom. The van der Waals surface area contributed by atoms with Crippen LogP contribution in [0.25, 0.3) is 0 Å². The van der Waals surface area contributed by atoms with Gasteiger partial charge in [0.2, 0.25) is 0 Å². The second-order valence-electron chi connectivity index (χ2n) is 6.58. The molecule has 8 nitrogen and oxygen atoms in total. The molecule has 31 heavy (non-hydrogen) atoms. The molecule has 0 aromatic rings. The SMILES string of the molecule is CC#N.CC(C)=O.CC(C)=O.CC(C)=O.CC(C)=O.CC(C)=O.CC(C)=O.CC(C)=O. The lowest BCUT2D eigenvalue weighted by Gasteiger charge is -1.56. The van der Waals surface area contributed by atoms with Crippen LogP contribution in [0.1, 0.15) is 104 Å². The summed E-state index contributed by atoms with van der Waals surface area (Å²) < 4.78 is 0. The van der Waals surface area contributed by atoms with Gasteiger partial charge in [0.25, 0.3) is 0 Å². The van der Waals surface area contributed by atoms with Crippen LogP contribution in [-0.2, 0) is 33.6 Å². The minimum Gasteiger partial charge on any atom is -0.300 e. The van der Waals surface area contributed by atoms with E-state index >= 15 is 0 Å². The van der Waals surface area contributed by atoms with Crippen LogP contribution in [0.4, 0.5) is 0 Å². The summed E-state index contributed by atoms with van der Waals surface area (Å²) >= 11 is 0. The van der Waals surface area contributed by atoms with Crippen molar-refractivity contribution in [2.45, 2.75) is 104 Å². The zero-order chi connectivity index (χ0) is 27.7. The third-order valence-electron chi connectivity index (χ3n) is 0. The van der Waals surface area contributed by atoms with Crippen LogP contribution in [0.3, 0.4) is 0 Å². The zero-order valence-electron chi connectivity index (χ0n) is 22.3. The van der Waals surface area contributed by atoms with Gasteiger partial charge in [-0.3, -0.25) is 0 Å². The monoisotopic (exact) mass is 447 g/mol. The van der Waals surface area contributed by atoms with Gasteiger partial charge in [-0.1, -0.05) is 0 Å². The Hall–Kier alpha value is -2.82. The van der Waals surface area contributed by atoms with E-state index in [0.29, 0.717) is 0 Å². The first-order chi connectivity index (χ1) is 13.5. The standard InChI is InChI=1S/7C3H6O.C2H3N/c7*1-3(2)4;1-2-3/h7*1-2H3;1H3. The Bertz CT molecular complexity index is 383. The third kappa shape index (κ3) is 2170. The highest BCUT2D eigenvalue weighted by atomic mass is 16.1. The van der Waals surface area contributed by atoms with Gasteiger partial charge in [0.15, 0.2) is 0 Å². The topological polar surface area (TPSA) is 143 Å². The molecule has 0 N–H and O–H groups in total. The van der Waals surface area contributed by atoms with Crippen molar-refractivity contribution in [1.82, 2.24) is 0 Å². The molecule has 0 saturated heterocycles. The van der Waals surface area contributed by atoms with Gasteiger partial charge in [0.1, 0.15) is 40.5 Å². The van der Waals surface area contributed by atoms with Gasteiger partial charge in [-0.05, 0) is 96.9 Å². The second kappa shape index (κ2) is 50.6. The summed E-state index contributed by atoms with van der Waals surface area (Å²) in [6.45, 7) is 22.8. The fourth-order valence-electron chi connectivity index (χ4n) is 0. The number of ketones is 7. The predicted molar refractivity (Wildman–Crippen MR) is 126 cm³/mol. The molecule has 0 unspecified atom stereocenters. The van der Waals surface area contributed by atoms with Crippen molar-refractivity contribution in [3.63, 3.8) is 0 Å². The maximum absolute atomic E-state index is 9.44. The molecular formula is C23H45NO7. The Morgan fingerprint density at radius 2 is 0.355 bits per heavy atom. The van der Waals surface area contributed by atoms with Crippen molar-refractivity contribution in [2.75, 3.05) is 0 Å². The van der Waals surface area contributed by atoms with Crippen LogP contribution in [0.5, 0.6) is 0 Å². The molecule has 0 radical (unpaired) electrons. The van der Waals surface area contributed by atoms with E-state index in [4.69, 9.17) is 5.26 Å². The van der Waals surface area contributed by atoms with Crippen molar-refractivity contribution in [1.29, 1.82) is 5.26 Å². The molecule has 0 bridgehead atoms. The fraction of sp³-hybridized carbons (Fsp3) is 0.652. The van der Waals surface area contributed by atoms with Crippen LogP contribution in [0.2, 0.25) is 0 Å². The molecule has 184 valence electrons. The van der Waals surface area contributed by atoms with E-state index in [9.17, 15) is 33.6 Å². The van der Waals surface area contributed by atoms with Crippen LogP contribution < -0.4 is 0 Å². The smallest absolute Gasteiger partial charge is 0.126 e. The van der Waals surface area contributed by atoms with E-state index in [1.807, 2.05) is 0 Å². The van der Waals surface area contributed by atoms with Gasteiger partial charge in [-0.2, -0.15) is 5.26 Å². The molecule has 0 aliphatic heterocycles. The molecule has 0 aromatic heterocycles. The van der Waals surface area contributed by atoms with Crippen molar-refractivity contribution >= 4 is 40.5 Å². The number of hydrogen-bond acceptors (Lipinski definition) is 8. The largest absolute Gasteiger partial charge is 0.300 e. The summed E-state index contributed by atoms with van der Waals surface area (Å²) in [6, 6.07) is 1.75. The minimum atomic E-state index is 0.167. The number of nitriles is 1. The van der Waals surface area contributed by atoms with E-state index in [2.05, 4.69) is 0 Å². The summed E-state index contributed by atoms with van der Waals surface area (Å²) in [4.78, 5) is 66.1. The molecule has 0 amide bonds. The zero-order valence-corrected chi connectivity index (χ0v) is 22.3. The average molecular weight is 448 g/mol. The molecule has 0 aliphatic rings. The normalized spacial score (nSPS) is 6.13. The first-order valence-electron chi connectivity index (χ1n) is 9.15. The van der Waals surface area contributed by atoms with Gasteiger partial charge in [-0.25, -0.2) is 0 Å². The van der Waals surface area contributed by atoms with E-state index in [0.717, 1.165) is 0 Å². The maximum atomic E-state index is 9.44. The van der Waals surface area contributed by atoms with Crippen molar-refractivity contribution in [2.24, 2.45) is 0 Å². The van der Waals surface area contributed by atoms with Crippen molar-refractivity contribution in [3.05, 3.63) is 0 Å². The maximum Gasteiger partial charge on any atom is 0.126 e. The predicted octanol–water partition coefficient (Wildman–Crippen LogP) is 4.70. The number of carbonyl (C=O) groups is 7. The molecular weight excluding hydrogens is 402 g/mol. The molecule has 0 aromatic carbocycles. The van der Waals surface area contributed by atoms with Crippen molar-refractivity contribution < 1.29 is 33.6 Å². The van der Waals surface area contributed by atoms with Crippen LogP contribution >= 0.6 is 0 Å². The highest BCUT2D eigenvalue weighted by molar-refractivity contribution is 5.73. The fourth-order valence-corrected chi connectivity index (χ4v) is 0. The van der Waals surface area contributed by atoms with E-state index in [1.165, 1.54) is 104 Å². The Labute approximate surface area is 189 Å². The second-order valence-corrected chi connectivity index (χ2v) is 6.58. The Morgan fingerprint density at radius 1 is 0.355 bits per heavy atom. The molecule has 0 rings (SSSR count). The molecule has 0 heterocycles. The summed E-state index contributed by atoms with van der Waals surface area (Å²) in [5.41, 5.74) is 0. The lowest BCUT2D eigenvalue weighted by atomic mass is 10.6. The third-order valence-corrected chi connectivity index (χ3v) is 0. The Kier molecular flexibility index (Phi) is 83.5. The molecule has 0 spiro atoms. The van der Waals surface area contributed by atoms with Gasteiger partial charge in [0, 0.05) is 6.92 Å². The van der Waals surface area contributed by atoms with Crippen molar-refractivity contribution in [3.8, 4) is 6.07 Å². The van der Waals surface area contributed by atoms with Gasteiger partial charge in [0.05, 0.1) is 6.07 Å². The number of nitrogens with zero attached hydrogens (tertiary/aromatic N) is 1. The van der Waals surface area contributed by atoms with E-state index in [1.54, 1.807) is 6.07 Å². The highest BCUT2D eigenvalue weighted by Crippen LogP contribution is 1.52. The summed E-state index contributed by atoms with van der Waals surface area (Å²) in [7, 11) is 0.